The van der Waals surface area contributed by atoms with Crippen molar-refractivity contribution in [3.8, 4) is 11.1 Å². The Bertz CT molecular complexity index is 766. The minimum Gasteiger partial charge on any atom is -0.363 e. The summed E-state index contributed by atoms with van der Waals surface area (Å²) in [6, 6.07) is 10.0. The Morgan fingerprint density at radius 1 is 1.29 bits per heavy atom. The molecule has 6 heteroatoms. The summed E-state index contributed by atoms with van der Waals surface area (Å²) in [7, 11) is 0. The highest BCUT2D eigenvalue weighted by Gasteiger charge is 2.06. The first-order valence-electron chi connectivity index (χ1n) is 6.71. The Kier molecular flexibility index (Phi) is 3.79. The lowest BCUT2D eigenvalue weighted by Gasteiger charge is -2.04. The molecule has 0 saturated carbocycles. The molecule has 3 aromatic rings. The number of nitrogens with zero attached hydrogens (tertiary/aromatic N) is 2. The fourth-order valence-corrected chi connectivity index (χ4v) is 2.33. The summed E-state index contributed by atoms with van der Waals surface area (Å²) in [6.45, 7) is 2.77. The first kappa shape index (κ1) is 13.5. The first-order valence-corrected chi connectivity index (χ1v) is 7.12. The third kappa shape index (κ3) is 3.00. The molecule has 0 amide bonds. The Morgan fingerprint density at radius 2 is 2.19 bits per heavy atom. The Balaban J connectivity index is 1.90. The number of anilines is 1. The smallest absolute Gasteiger partial charge is 0.207 e. The van der Waals surface area contributed by atoms with Crippen molar-refractivity contribution in [1.82, 2.24) is 20.3 Å². The molecule has 0 fully saturated rings. The molecule has 0 radical (unpaired) electrons. The second-order valence-corrected chi connectivity index (χ2v) is 4.95. The van der Waals surface area contributed by atoms with E-state index in [0.29, 0.717) is 11.1 Å². The van der Waals surface area contributed by atoms with E-state index in [0.717, 1.165) is 28.7 Å². The minimum atomic E-state index is 0.559. The molecule has 0 bridgehead atoms. The number of thiocarbonyl (C=S) groups is 1. The molecule has 21 heavy (non-hydrogen) atoms. The lowest BCUT2D eigenvalue weighted by molar-refractivity contribution is 0.977. The lowest BCUT2D eigenvalue weighted by Crippen LogP contribution is -2.28. The molecule has 5 nitrogen and oxygen atoms in total. The van der Waals surface area contributed by atoms with Gasteiger partial charge in [0, 0.05) is 24.5 Å². The number of H-pyrrole nitrogens is 1. The third-order valence-electron chi connectivity index (χ3n) is 3.05. The summed E-state index contributed by atoms with van der Waals surface area (Å²) >= 11 is 5.15. The van der Waals surface area contributed by atoms with E-state index in [-0.39, 0.29) is 0 Å². The highest BCUT2D eigenvalue weighted by molar-refractivity contribution is 7.80. The van der Waals surface area contributed by atoms with Crippen LogP contribution in [0.2, 0.25) is 0 Å². The normalized spacial score (nSPS) is 10.5. The summed E-state index contributed by atoms with van der Waals surface area (Å²) < 4.78 is 0. The van der Waals surface area contributed by atoms with Gasteiger partial charge in [0.2, 0.25) is 5.95 Å². The van der Waals surface area contributed by atoms with Gasteiger partial charge in [-0.05, 0) is 42.9 Å². The van der Waals surface area contributed by atoms with E-state index in [2.05, 4.69) is 25.6 Å². The standard InChI is InChI=1S/C15H15N5S/c1-2-17-15(21)20-14-18-12-6-5-10(8-13(12)19-14)11-4-3-7-16-9-11/h3-9H,2H2,1H3,(H3,17,18,19,20,21). The van der Waals surface area contributed by atoms with Crippen LogP contribution in [0.1, 0.15) is 6.92 Å². The van der Waals surface area contributed by atoms with Crippen molar-refractivity contribution in [1.29, 1.82) is 0 Å². The van der Waals surface area contributed by atoms with Gasteiger partial charge in [-0.1, -0.05) is 12.1 Å². The number of hydrogen-bond donors (Lipinski definition) is 3. The Hall–Kier alpha value is -2.47. The van der Waals surface area contributed by atoms with Gasteiger partial charge in [-0.3, -0.25) is 4.98 Å². The number of rotatable bonds is 3. The van der Waals surface area contributed by atoms with Crippen LogP contribution < -0.4 is 10.6 Å². The zero-order chi connectivity index (χ0) is 14.7. The molecule has 2 aromatic heterocycles. The van der Waals surface area contributed by atoms with Crippen molar-refractivity contribution in [3.05, 3.63) is 42.7 Å². The maximum Gasteiger partial charge on any atom is 0.207 e. The maximum atomic E-state index is 5.15. The number of nitrogens with one attached hydrogen (secondary N) is 3. The fraction of sp³-hybridized carbons (Fsp3) is 0.133. The molecular weight excluding hydrogens is 282 g/mol. The Morgan fingerprint density at radius 3 is 2.95 bits per heavy atom. The molecule has 0 saturated heterocycles. The molecule has 3 N–H and O–H groups in total. The summed E-state index contributed by atoms with van der Waals surface area (Å²) in [4.78, 5) is 11.8. The van der Waals surface area contributed by atoms with Gasteiger partial charge in [-0.15, -0.1) is 0 Å². The van der Waals surface area contributed by atoms with Crippen LogP contribution in [0.5, 0.6) is 0 Å². The minimum absolute atomic E-state index is 0.559. The number of benzene rings is 1. The molecule has 0 aliphatic carbocycles. The van der Waals surface area contributed by atoms with E-state index >= 15 is 0 Å². The number of pyridine rings is 1. The molecule has 106 valence electrons. The monoisotopic (exact) mass is 297 g/mol. The van der Waals surface area contributed by atoms with Crippen LogP contribution >= 0.6 is 12.2 Å². The number of fused-ring (bicyclic) bond motifs is 1. The van der Waals surface area contributed by atoms with Crippen LogP contribution in [0.15, 0.2) is 42.7 Å². The van der Waals surface area contributed by atoms with Crippen LogP contribution in [0, 0.1) is 0 Å². The van der Waals surface area contributed by atoms with E-state index in [1.807, 2.05) is 43.5 Å². The third-order valence-corrected chi connectivity index (χ3v) is 3.29. The van der Waals surface area contributed by atoms with Crippen LogP contribution in [-0.2, 0) is 0 Å². The molecule has 0 spiro atoms. The predicted octanol–water partition coefficient (Wildman–Crippen LogP) is 2.93. The van der Waals surface area contributed by atoms with Gasteiger partial charge in [0.15, 0.2) is 5.11 Å². The second-order valence-electron chi connectivity index (χ2n) is 4.54. The predicted molar refractivity (Wildman–Crippen MR) is 89.2 cm³/mol. The largest absolute Gasteiger partial charge is 0.363 e. The van der Waals surface area contributed by atoms with E-state index < -0.39 is 0 Å². The van der Waals surface area contributed by atoms with Crippen molar-refractivity contribution in [2.75, 3.05) is 11.9 Å². The van der Waals surface area contributed by atoms with Crippen molar-refractivity contribution in [3.63, 3.8) is 0 Å². The summed E-state index contributed by atoms with van der Waals surface area (Å²) in [6.07, 6.45) is 3.60. The van der Waals surface area contributed by atoms with Crippen molar-refractivity contribution in [2.45, 2.75) is 6.92 Å². The molecule has 0 aliphatic rings. The quantitative estimate of drug-likeness (QED) is 0.649. The van der Waals surface area contributed by atoms with Crippen molar-refractivity contribution in [2.24, 2.45) is 0 Å². The number of imidazole rings is 1. The number of aromatic nitrogens is 3. The summed E-state index contributed by atoms with van der Waals surface area (Å²) in [5, 5.41) is 6.62. The number of hydrogen-bond acceptors (Lipinski definition) is 3. The van der Waals surface area contributed by atoms with Crippen LogP contribution in [-0.4, -0.2) is 26.6 Å². The first-order chi connectivity index (χ1) is 10.3. The van der Waals surface area contributed by atoms with E-state index in [1.165, 1.54) is 0 Å². The molecule has 2 heterocycles. The van der Waals surface area contributed by atoms with Crippen molar-refractivity contribution >= 4 is 34.3 Å². The average molecular weight is 297 g/mol. The van der Waals surface area contributed by atoms with Gasteiger partial charge in [0.05, 0.1) is 11.0 Å². The maximum absolute atomic E-state index is 5.15. The zero-order valence-electron chi connectivity index (χ0n) is 11.6. The van der Waals surface area contributed by atoms with E-state index in [9.17, 15) is 0 Å². The molecule has 0 unspecified atom stereocenters. The fourth-order valence-electron chi connectivity index (χ4n) is 2.09. The van der Waals surface area contributed by atoms with Gasteiger partial charge in [0.1, 0.15) is 0 Å². The molecule has 0 atom stereocenters. The molecular formula is C15H15N5S. The Labute approximate surface area is 127 Å². The zero-order valence-corrected chi connectivity index (χ0v) is 12.4. The summed E-state index contributed by atoms with van der Waals surface area (Å²) in [5.74, 6) is 0.638. The highest BCUT2D eigenvalue weighted by atomic mass is 32.1. The van der Waals surface area contributed by atoms with Crippen molar-refractivity contribution < 1.29 is 0 Å². The average Bonchev–Trinajstić information content (AvgIpc) is 2.89. The van der Waals surface area contributed by atoms with Gasteiger partial charge in [0.25, 0.3) is 0 Å². The van der Waals surface area contributed by atoms with E-state index in [1.54, 1.807) is 6.20 Å². The van der Waals surface area contributed by atoms with Crippen LogP contribution in [0.25, 0.3) is 22.2 Å². The highest BCUT2D eigenvalue weighted by Crippen LogP contribution is 2.23. The van der Waals surface area contributed by atoms with Crippen LogP contribution in [0.3, 0.4) is 0 Å². The van der Waals surface area contributed by atoms with E-state index in [4.69, 9.17) is 12.2 Å². The van der Waals surface area contributed by atoms with Crippen LogP contribution in [0.4, 0.5) is 5.95 Å². The van der Waals surface area contributed by atoms with Gasteiger partial charge in [-0.2, -0.15) is 0 Å². The number of aromatic amines is 1. The second kappa shape index (κ2) is 5.88. The lowest BCUT2D eigenvalue weighted by atomic mass is 10.1. The molecule has 3 rings (SSSR count). The van der Waals surface area contributed by atoms with Gasteiger partial charge in [-0.25, -0.2) is 4.98 Å². The topological polar surface area (TPSA) is 65.6 Å². The molecule has 0 aliphatic heterocycles. The SMILES string of the molecule is CCNC(=S)Nc1nc2cc(-c3cccnc3)ccc2[nH]1. The summed E-state index contributed by atoms with van der Waals surface area (Å²) in [5.41, 5.74) is 4.01. The van der Waals surface area contributed by atoms with Gasteiger partial charge < -0.3 is 15.6 Å². The molecule has 1 aromatic carbocycles. The van der Waals surface area contributed by atoms with Gasteiger partial charge >= 0.3 is 0 Å².